The summed E-state index contributed by atoms with van der Waals surface area (Å²) >= 11 is 0. The average molecular weight is 625 g/mol. The van der Waals surface area contributed by atoms with Crippen LogP contribution in [0.3, 0.4) is 0 Å². The lowest BCUT2D eigenvalue weighted by Crippen LogP contribution is -1.96. The molecule has 0 saturated heterocycles. The number of fused-ring (bicyclic) bond motifs is 2. The molecule has 0 aliphatic rings. The second kappa shape index (κ2) is 14.5. The number of benzene rings is 4. The molecular formula is C40H32N8. The third kappa shape index (κ3) is 7.19. The van der Waals surface area contributed by atoms with Crippen molar-refractivity contribution in [1.29, 1.82) is 0 Å². The van der Waals surface area contributed by atoms with Gasteiger partial charge in [-0.1, -0.05) is 72.8 Å². The standard InChI is InChI=1S/2C20H16N4/c2*1-3-13-21-19(11-1)23-17-9-5-8-16-15(17)7-6-10-18(16)24-20-12-2-4-14-22-20/h2*1-14H,(H,21,23)(H,22,24). The van der Waals surface area contributed by atoms with E-state index in [9.17, 15) is 0 Å². The summed E-state index contributed by atoms with van der Waals surface area (Å²) < 4.78 is 0. The van der Waals surface area contributed by atoms with Crippen molar-refractivity contribution in [3.63, 3.8) is 0 Å². The monoisotopic (exact) mass is 624 g/mol. The van der Waals surface area contributed by atoms with Crippen molar-refractivity contribution in [2.45, 2.75) is 0 Å². The molecule has 8 nitrogen and oxygen atoms in total. The first-order valence-electron chi connectivity index (χ1n) is 15.6. The quantitative estimate of drug-likeness (QED) is 0.133. The Hall–Kier alpha value is -6.80. The molecule has 0 fully saturated rings. The zero-order chi connectivity index (χ0) is 32.4. The molecular weight excluding hydrogens is 592 g/mol. The summed E-state index contributed by atoms with van der Waals surface area (Å²) in [5.41, 5.74) is 4.10. The summed E-state index contributed by atoms with van der Waals surface area (Å²) in [6.45, 7) is 0. The molecule has 0 atom stereocenters. The molecule has 232 valence electrons. The number of pyridine rings is 4. The van der Waals surface area contributed by atoms with Crippen molar-refractivity contribution >= 4 is 67.6 Å². The largest absolute Gasteiger partial charge is 0.340 e. The maximum absolute atomic E-state index is 4.33. The molecule has 8 rings (SSSR count). The van der Waals surface area contributed by atoms with E-state index in [0.29, 0.717) is 0 Å². The van der Waals surface area contributed by atoms with Crippen molar-refractivity contribution in [3.05, 3.63) is 170 Å². The van der Waals surface area contributed by atoms with Crippen LogP contribution in [0, 0.1) is 0 Å². The van der Waals surface area contributed by atoms with Crippen LogP contribution in [0.4, 0.5) is 46.0 Å². The Morgan fingerprint density at radius 1 is 0.250 bits per heavy atom. The molecule has 4 heterocycles. The summed E-state index contributed by atoms with van der Waals surface area (Å²) in [5, 5.41) is 18.0. The van der Waals surface area contributed by atoms with Crippen LogP contribution in [0.1, 0.15) is 0 Å². The van der Waals surface area contributed by atoms with Crippen LogP contribution in [-0.4, -0.2) is 19.9 Å². The Morgan fingerprint density at radius 2 is 0.500 bits per heavy atom. The average Bonchev–Trinajstić information content (AvgIpc) is 3.14. The Bertz CT molecular complexity index is 1910. The Morgan fingerprint density at radius 3 is 0.708 bits per heavy atom. The maximum Gasteiger partial charge on any atom is 0.130 e. The lowest BCUT2D eigenvalue weighted by Gasteiger charge is -2.13. The zero-order valence-electron chi connectivity index (χ0n) is 26.0. The minimum Gasteiger partial charge on any atom is -0.340 e. The predicted molar refractivity (Wildman–Crippen MR) is 198 cm³/mol. The maximum atomic E-state index is 4.33. The number of anilines is 8. The van der Waals surface area contributed by atoms with Crippen LogP contribution in [0.25, 0.3) is 21.5 Å². The fourth-order valence-electron chi connectivity index (χ4n) is 5.35. The molecule has 4 aromatic heterocycles. The number of aromatic nitrogens is 4. The molecule has 0 unspecified atom stereocenters. The van der Waals surface area contributed by atoms with Gasteiger partial charge < -0.3 is 21.3 Å². The highest BCUT2D eigenvalue weighted by atomic mass is 15.0. The van der Waals surface area contributed by atoms with Gasteiger partial charge in [0.2, 0.25) is 0 Å². The third-order valence-electron chi connectivity index (χ3n) is 7.55. The minimum absolute atomic E-state index is 0.827. The molecule has 0 aliphatic carbocycles. The second-order valence-electron chi connectivity index (χ2n) is 10.8. The normalized spacial score (nSPS) is 10.5. The van der Waals surface area contributed by atoms with E-state index in [4.69, 9.17) is 0 Å². The van der Waals surface area contributed by atoms with Gasteiger partial charge in [0, 0.05) is 69.1 Å². The number of hydrogen-bond acceptors (Lipinski definition) is 8. The molecule has 0 spiro atoms. The number of nitrogens with one attached hydrogen (secondary N) is 4. The van der Waals surface area contributed by atoms with Crippen molar-refractivity contribution in [3.8, 4) is 0 Å². The van der Waals surface area contributed by atoms with E-state index in [0.717, 1.165) is 67.6 Å². The van der Waals surface area contributed by atoms with Gasteiger partial charge >= 0.3 is 0 Å². The van der Waals surface area contributed by atoms with Gasteiger partial charge in [0.05, 0.1) is 0 Å². The van der Waals surface area contributed by atoms with E-state index in [1.165, 1.54) is 0 Å². The van der Waals surface area contributed by atoms with Crippen molar-refractivity contribution in [2.75, 3.05) is 21.3 Å². The van der Waals surface area contributed by atoms with E-state index < -0.39 is 0 Å². The fraction of sp³-hybridized carbons (Fsp3) is 0. The topological polar surface area (TPSA) is 99.7 Å². The molecule has 4 aromatic carbocycles. The van der Waals surface area contributed by atoms with Gasteiger partial charge in [0.25, 0.3) is 0 Å². The third-order valence-corrected chi connectivity index (χ3v) is 7.55. The Kier molecular flexibility index (Phi) is 9.05. The zero-order valence-corrected chi connectivity index (χ0v) is 26.0. The van der Waals surface area contributed by atoms with E-state index in [1.807, 2.05) is 97.1 Å². The molecule has 0 bridgehead atoms. The lowest BCUT2D eigenvalue weighted by molar-refractivity contribution is 1.31. The smallest absolute Gasteiger partial charge is 0.130 e. The summed E-state index contributed by atoms with van der Waals surface area (Å²) in [6, 6.07) is 48.1. The van der Waals surface area contributed by atoms with Crippen LogP contribution in [0.15, 0.2) is 170 Å². The van der Waals surface area contributed by atoms with Crippen molar-refractivity contribution in [1.82, 2.24) is 19.9 Å². The Balaban J connectivity index is 0.000000152. The number of nitrogens with zero attached hydrogens (tertiary/aromatic N) is 4. The molecule has 0 saturated carbocycles. The van der Waals surface area contributed by atoms with Gasteiger partial charge in [-0.15, -0.1) is 0 Å². The molecule has 0 aliphatic heterocycles. The van der Waals surface area contributed by atoms with E-state index in [-0.39, 0.29) is 0 Å². The van der Waals surface area contributed by atoms with Crippen molar-refractivity contribution in [2.24, 2.45) is 0 Å². The van der Waals surface area contributed by atoms with Gasteiger partial charge in [-0.3, -0.25) is 0 Å². The molecule has 4 N–H and O–H groups in total. The van der Waals surface area contributed by atoms with E-state index in [1.54, 1.807) is 24.8 Å². The lowest BCUT2D eigenvalue weighted by atomic mass is 10.1. The SMILES string of the molecule is c1ccc(Nc2cccc3c(Nc4ccccn4)cccc23)nc1.c1ccc(Nc2cccc3c(Nc4ccccn4)cccc23)nc1. The fourth-order valence-corrected chi connectivity index (χ4v) is 5.35. The van der Waals surface area contributed by atoms with Gasteiger partial charge in [-0.25, -0.2) is 19.9 Å². The van der Waals surface area contributed by atoms with Gasteiger partial charge in [-0.05, 0) is 72.8 Å². The van der Waals surface area contributed by atoms with Crippen LogP contribution >= 0.6 is 0 Å². The summed E-state index contributed by atoms with van der Waals surface area (Å²) in [4.78, 5) is 17.3. The summed E-state index contributed by atoms with van der Waals surface area (Å²) in [7, 11) is 0. The summed E-state index contributed by atoms with van der Waals surface area (Å²) in [5.74, 6) is 3.31. The van der Waals surface area contributed by atoms with E-state index >= 15 is 0 Å². The molecule has 0 radical (unpaired) electrons. The molecule has 48 heavy (non-hydrogen) atoms. The predicted octanol–water partition coefficient (Wildman–Crippen LogP) is 10.2. The molecule has 0 amide bonds. The minimum atomic E-state index is 0.827. The van der Waals surface area contributed by atoms with Crippen LogP contribution in [-0.2, 0) is 0 Å². The van der Waals surface area contributed by atoms with Crippen LogP contribution in [0.5, 0.6) is 0 Å². The van der Waals surface area contributed by atoms with Gasteiger partial charge in [-0.2, -0.15) is 0 Å². The first kappa shape index (κ1) is 29.9. The van der Waals surface area contributed by atoms with E-state index in [2.05, 4.69) is 89.7 Å². The van der Waals surface area contributed by atoms with Gasteiger partial charge in [0.15, 0.2) is 0 Å². The van der Waals surface area contributed by atoms with Crippen molar-refractivity contribution < 1.29 is 0 Å². The molecule has 8 heteroatoms. The van der Waals surface area contributed by atoms with Gasteiger partial charge in [0.1, 0.15) is 23.3 Å². The second-order valence-corrected chi connectivity index (χ2v) is 10.8. The summed E-state index contributed by atoms with van der Waals surface area (Å²) in [6.07, 6.45) is 7.12. The number of rotatable bonds is 8. The Labute approximate surface area is 278 Å². The first-order chi connectivity index (χ1) is 23.8. The van der Waals surface area contributed by atoms with Crippen LogP contribution < -0.4 is 21.3 Å². The molecule has 8 aromatic rings. The highest BCUT2D eigenvalue weighted by Gasteiger charge is 2.08. The highest BCUT2D eigenvalue weighted by molar-refractivity contribution is 6.04. The highest BCUT2D eigenvalue weighted by Crippen LogP contribution is 2.33. The first-order valence-corrected chi connectivity index (χ1v) is 15.6. The number of hydrogen-bond donors (Lipinski definition) is 4. The van der Waals surface area contributed by atoms with Crippen LogP contribution in [0.2, 0.25) is 0 Å².